The molecule has 0 aliphatic heterocycles. The van der Waals surface area contributed by atoms with Gasteiger partial charge in [0.1, 0.15) is 0 Å². The number of H-pyrrole nitrogens is 1. The molecule has 2 heteroatoms. The molecule has 1 aromatic heterocycles. The Balaban J connectivity index is 3.08. The van der Waals surface area contributed by atoms with Crippen molar-refractivity contribution in [2.45, 2.75) is 6.92 Å². The third-order valence-electron chi connectivity index (χ3n) is 1.13. The predicted octanol–water partition coefficient (Wildman–Crippen LogP) is 0.947. The summed E-state index contributed by atoms with van der Waals surface area (Å²) in [5, 5.41) is 0. The molecule has 0 atom stereocenters. The number of aromatic amines is 1. The Morgan fingerprint density at radius 3 is 2.89 bits per heavy atom. The molecule has 47 valence electrons. The van der Waals surface area contributed by atoms with Crippen molar-refractivity contribution >= 4 is 0 Å². The van der Waals surface area contributed by atoms with Crippen molar-refractivity contribution in [2.75, 3.05) is 0 Å². The zero-order chi connectivity index (χ0) is 6.69. The van der Waals surface area contributed by atoms with E-state index in [0.29, 0.717) is 0 Å². The first-order chi connectivity index (χ1) is 4.33. The molecule has 0 amide bonds. The van der Waals surface area contributed by atoms with Crippen LogP contribution in [0.4, 0.5) is 0 Å². The van der Waals surface area contributed by atoms with E-state index in [1.54, 1.807) is 12.3 Å². The average Bonchev–Trinajstić information content (AvgIpc) is 1.88. The van der Waals surface area contributed by atoms with Gasteiger partial charge in [0.25, 0.3) is 0 Å². The molecule has 1 rings (SSSR count). The van der Waals surface area contributed by atoms with Gasteiger partial charge < -0.3 is 4.98 Å². The van der Waals surface area contributed by atoms with Crippen molar-refractivity contribution in [3.8, 4) is 0 Å². The monoisotopic (exact) mass is 122 g/mol. The van der Waals surface area contributed by atoms with Crippen molar-refractivity contribution in [1.29, 1.82) is 0 Å². The van der Waals surface area contributed by atoms with Gasteiger partial charge in [0.2, 0.25) is 5.56 Å². The summed E-state index contributed by atoms with van der Waals surface area (Å²) < 4.78 is 0. The summed E-state index contributed by atoms with van der Waals surface area (Å²) >= 11 is 0. The number of pyridine rings is 1. The van der Waals surface area contributed by atoms with Gasteiger partial charge in [-0.25, -0.2) is 0 Å². The first kappa shape index (κ1) is 6.08. The van der Waals surface area contributed by atoms with Crippen LogP contribution >= 0.6 is 0 Å². The minimum atomic E-state index is -0.0504. The Morgan fingerprint density at radius 2 is 2.44 bits per heavy atom. The molecule has 0 saturated carbocycles. The fourth-order valence-corrected chi connectivity index (χ4v) is 0.641. The second-order valence-corrected chi connectivity index (χ2v) is 1.77. The van der Waals surface area contributed by atoms with Gasteiger partial charge in [0.05, 0.1) is 0 Å². The van der Waals surface area contributed by atoms with E-state index in [9.17, 15) is 4.79 Å². The van der Waals surface area contributed by atoms with Gasteiger partial charge in [-0.15, -0.1) is 0 Å². The molecule has 0 unspecified atom stereocenters. The molecule has 1 aromatic rings. The Kier molecular flexibility index (Phi) is 1.68. The molecule has 0 spiro atoms. The van der Waals surface area contributed by atoms with Crippen molar-refractivity contribution in [1.82, 2.24) is 4.98 Å². The van der Waals surface area contributed by atoms with E-state index in [2.05, 4.69) is 4.98 Å². The maximum atomic E-state index is 10.6. The standard InChI is InChI=1S/C7H8NO/c1-2-6-3-4-8-7(9)5-6/h2-5H,1H3,(H,8,9). The molecule has 0 aromatic carbocycles. The number of aromatic nitrogens is 1. The summed E-state index contributed by atoms with van der Waals surface area (Å²) in [7, 11) is 0. The topological polar surface area (TPSA) is 32.9 Å². The van der Waals surface area contributed by atoms with E-state index < -0.39 is 0 Å². The zero-order valence-electron chi connectivity index (χ0n) is 5.22. The highest BCUT2D eigenvalue weighted by Crippen LogP contribution is 1.93. The number of nitrogens with one attached hydrogen (secondary N) is 1. The molecular formula is C7H8NO. The third kappa shape index (κ3) is 1.42. The van der Waals surface area contributed by atoms with Crippen LogP contribution < -0.4 is 5.56 Å². The second kappa shape index (κ2) is 2.49. The van der Waals surface area contributed by atoms with E-state index in [4.69, 9.17) is 0 Å². The molecule has 1 radical (unpaired) electrons. The molecule has 2 nitrogen and oxygen atoms in total. The van der Waals surface area contributed by atoms with Crippen LogP contribution in [0.25, 0.3) is 0 Å². The number of hydrogen-bond donors (Lipinski definition) is 1. The summed E-state index contributed by atoms with van der Waals surface area (Å²) in [4.78, 5) is 13.1. The first-order valence-corrected chi connectivity index (χ1v) is 2.81. The predicted molar refractivity (Wildman–Crippen MR) is 36.1 cm³/mol. The Bertz CT molecular complexity index is 239. The van der Waals surface area contributed by atoms with Crippen LogP contribution in [-0.2, 0) is 0 Å². The summed E-state index contributed by atoms with van der Waals surface area (Å²) in [6.07, 6.45) is 3.52. The molecule has 9 heavy (non-hydrogen) atoms. The van der Waals surface area contributed by atoms with Crippen LogP contribution in [0, 0.1) is 6.42 Å². The smallest absolute Gasteiger partial charge is 0.248 e. The van der Waals surface area contributed by atoms with Gasteiger partial charge in [0, 0.05) is 12.3 Å². The van der Waals surface area contributed by atoms with E-state index >= 15 is 0 Å². The van der Waals surface area contributed by atoms with Crippen molar-refractivity contribution < 1.29 is 0 Å². The second-order valence-electron chi connectivity index (χ2n) is 1.77. The van der Waals surface area contributed by atoms with Gasteiger partial charge in [-0.1, -0.05) is 6.92 Å². The van der Waals surface area contributed by atoms with Gasteiger partial charge in [-0.3, -0.25) is 4.79 Å². The van der Waals surface area contributed by atoms with Crippen LogP contribution in [0.2, 0.25) is 0 Å². The summed E-state index contributed by atoms with van der Waals surface area (Å²) in [5.74, 6) is 0. The van der Waals surface area contributed by atoms with Gasteiger partial charge in [0.15, 0.2) is 0 Å². The lowest BCUT2D eigenvalue weighted by Crippen LogP contribution is -2.02. The first-order valence-electron chi connectivity index (χ1n) is 2.81. The van der Waals surface area contributed by atoms with Crippen LogP contribution in [0.1, 0.15) is 12.5 Å². The Labute approximate surface area is 53.5 Å². The SMILES string of the molecule is C[CH]c1cc[nH]c(=O)c1. The van der Waals surface area contributed by atoms with E-state index in [-0.39, 0.29) is 5.56 Å². The highest BCUT2D eigenvalue weighted by molar-refractivity contribution is 5.17. The van der Waals surface area contributed by atoms with Crippen LogP contribution in [0.5, 0.6) is 0 Å². The van der Waals surface area contributed by atoms with E-state index in [0.717, 1.165) is 5.56 Å². The lowest BCUT2D eigenvalue weighted by atomic mass is 10.2. The highest BCUT2D eigenvalue weighted by atomic mass is 16.1. The minimum absolute atomic E-state index is 0.0504. The Hall–Kier alpha value is -1.05. The molecule has 1 N–H and O–H groups in total. The number of rotatable bonds is 1. The summed E-state index contributed by atoms with van der Waals surface area (Å²) in [5.41, 5.74) is 0.907. The average molecular weight is 122 g/mol. The van der Waals surface area contributed by atoms with Crippen molar-refractivity contribution in [3.63, 3.8) is 0 Å². The lowest BCUT2D eigenvalue weighted by molar-refractivity contribution is 1.21. The van der Waals surface area contributed by atoms with Gasteiger partial charge in [-0.05, 0) is 18.1 Å². The Morgan fingerprint density at radius 1 is 1.67 bits per heavy atom. The lowest BCUT2D eigenvalue weighted by Gasteiger charge is -1.89. The maximum Gasteiger partial charge on any atom is 0.248 e. The summed E-state index contributed by atoms with van der Waals surface area (Å²) in [6.45, 7) is 1.90. The van der Waals surface area contributed by atoms with Crippen molar-refractivity contribution in [3.05, 3.63) is 40.7 Å². The normalized spacial score (nSPS) is 9.44. The molecule has 0 fully saturated rings. The third-order valence-corrected chi connectivity index (χ3v) is 1.13. The minimum Gasteiger partial charge on any atom is -0.329 e. The summed E-state index contributed by atoms with van der Waals surface area (Å²) in [6, 6.07) is 3.40. The largest absolute Gasteiger partial charge is 0.329 e. The van der Waals surface area contributed by atoms with Crippen molar-refractivity contribution in [2.24, 2.45) is 0 Å². The maximum absolute atomic E-state index is 10.6. The quantitative estimate of drug-likeness (QED) is 0.591. The molecule has 0 aliphatic rings. The fraction of sp³-hybridized carbons (Fsp3) is 0.143. The number of hydrogen-bond acceptors (Lipinski definition) is 1. The molecule has 0 aliphatic carbocycles. The van der Waals surface area contributed by atoms with Gasteiger partial charge in [-0.2, -0.15) is 0 Å². The molecule has 1 heterocycles. The van der Waals surface area contributed by atoms with Crippen LogP contribution in [-0.4, -0.2) is 4.98 Å². The zero-order valence-corrected chi connectivity index (χ0v) is 5.22. The molecule has 0 saturated heterocycles. The highest BCUT2D eigenvalue weighted by Gasteiger charge is 1.86. The van der Waals surface area contributed by atoms with Crippen LogP contribution in [0.3, 0.4) is 0 Å². The van der Waals surface area contributed by atoms with Gasteiger partial charge >= 0.3 is 0 Å². The molecule has 0 bridgehead atoms. The fourth-order valence-electron chi connectivity index (χ4n) is 0.641. The van der Waals surface area contributed by atoms with Crippen LogP contribution in [0.15, 0.2) is 23.1 Å². The van der Waals surface area contributed by atoms with E-state index in [1.165, 1.54) is 0 Å². The van der Waals surface area contributed by atoms with E-state index in [1.807, 2.05) is 19.4 Å². The molecular weight excluding hydrogens is 114 g/mol.